The minimum atomic E-state index is -0.574. The van der Waals surface area contributed by atoms with E-state index in [4.69, 9.17) is 11.6 Å². The Bertz CT molecular complexity index is 504. The number of nitrogens with zero attached hydrogens (tertiary/aromatic N) is 1. The Hall–Kier alpha value is -1.27. The van der Waals surface area contributed by atoms with Crippen molar-refractivity contribution in [2.45, 2.75) is 18.1 Å². The molecule has 102 valence electrons. The van der Waals surface area contributed by atoms with Gasteiger partial charge in [0.1, 0.15) is 5.56 Å². The standard InChI is InChI=1S/C12H13ClN2O3S/c13-8-3-4-11(15(17)18)10(6-8)12(16)14-7-9-2-1-5-19-9/h3-4,6,9H,1-2,5,7H2,(H,14,16). The van der Waals surface area contributed by atoms with Gasteiger partial charge in [0.15, 0.2) is 0 Å². The SMILES string of the molecule is O=C(NCC1CCCS1)c1cc(Cl)ccc1[N+](=O)[O-]. The van der Waals surface area contributed by atoms with Gasteiger partial charge < -0.3 is 5.32 Å². The Labute approximate surface area is 119 Å². The van der Waals surface area contributed by atoms with Crippen LogP contribution < -0.4 is 5.32 Å². The van der Waals surface area contributed by atoms with Gasteiger partial charge in [-0.15, -0.1) is 0 Å². The topological polar surface area (TPSA) is 72.2 Å². The number of benzene rings is 1. The predicted octanol–water partition coefficient (Wildman–Crippen LogP) is 2.87. The molecule has 1 aromatic carbocycles. The number of amides is 1. The molecule has 0 radical (unpaired) electrons. The molecule has 0 bridgehead atoms. The Kier molecular flexibility index (Phi) is 4.66. The summed E-state index contributed by atoms with van der Waals surface area (Å²) in [7, 11) is 0. The number of nitro benzene ring substituents is 1. The third kappa shape index (κ3) is 3.61. The van der Waals surface area contributed by atoms with Gasteiger partial charge in [0.25, 0.3) is 11.6 Å². The Morgan fingerprint density at radius 2 is 2.37 bits per heavy atom. The Morgan fingerprint density at radius 1 is 1.58 bits per heavy atom. The molecule has 1 aliphatic rings. The summed E-state index contributed by atoms with van der Waals surface area (Å²) in [5.41, 5.74) is -0.207. The van der Waals surface area contributed by atoms with Crippen LogP contribution in [0.4, 0.5) is 5.69 Å². The number of rotatable bonds is 4. The Morgan fingerprint density at radius 3 is 3.00 bits per heavy atom. The van der Waals surface area contributed by atoms with E-state index in [0.717, 1.165) is 18.6 Å². The number of hydrogen-bond acceptors (Lipinski definition) is 4. The molecule has 0 spiro atoms. The lowest BCUT2D eigenvalue weighted by molar-refractivity contribution is -0.385. The average Bonchev–Trinajstić information content (AvgIpc) is 2.88. The van der Waals surface area contributed by atoms with Gasteiger partial charge in [-0.3, -0.25) is 14.9 Å². The van der Waals surface area contributed by atoms with Crippen LogP contribution >= 0.6 is 23.4 Å². The van der Waals surface area contributed by atoms with Crippen LogP contribution in [-0.2, 0) is 0 Å². The Balaban J connectivity index is 2.08. The number of nitrogens with one attached hydrogen (secondary N) is 1. The van der Waals surface area contributed by atoms with E-state index < -0.39 is 10.8 Å². The molecule has 0 aliphatic carbocycles. The van der Waals surface area contributed by atoms with Crippen molar-refractivity contribution in [3.8, 4) is 0 Å². The van der Waals surface area contributed by atoms with Crippen LogP contribution in [0.2, 0.25) is 5.02 Å². The molecule has 0 aromatic heterocycles. The van der Waals surface area contributed by atoms with Crippen LogP contribution in [0.1, 0.15) is 23.2 Å². The highest BCUT2D eigenvalue weighted by Gasteiger charge is 2.22. The highest BCUT2D eigenvalue weighted by atomic mass is 35.5. The third-order valence-electron chi connectivity index (χ3n) is 2.91. The zero-order chi connectivity index (χ0) is 13.8. The van der Waals surface area contributed by atoms with Crippen molar-refractivity contribution < 1.29 is 9.72 Å². The maximum atomic E-state index is 12.0. The van der Waals surface area contributed by atoms with Crippen molar-refractivity contribution in [3.05, 3.63) is 38.9 Å². The number of thioether (sulfide) groups is 1. The maximum absolute atomic E-state index is 12.0. The first-order valence-corrected chi connectivity index (χ1v) is 7.34. The molecule has 1 amide bonds. The van der Waals surface area contributed by atoms with E-state index in [1.54, 1.807) is 0 Å². The molecule has 1 saturated heterocycles. The molecular weight excluding hydrogens is 288 g/mol. The lowest BCUT2D eigenvalue weighted by Crippen LogP contribution is -2.30. The summed E-state index contributed by atoms with van der Waals surface area (Å²) in [4.78, 5) is 22.3. The van der Waals surface area contributed by atoms with E-state index in [9.17, 15) is 14.9 Å². The van der Waals surface area contributed by atoms with Gasteiger partial charge in [-0.2, -0.15) is 11.8 Å². The lowest BCUT2D eigenvalue weighted by Gasteiger charge is -2.10. The van der Waals surface area contributed by atoms with Gasteiger partial charge in [-0.25, -0.2) is 0 Å². The minimum absolute atomic E-state index is 0.0143. The van der Waals surface area contributed by atoms with Crippen molar-refractivity contribution in [2.24, 2.45) is 0 Å². The molecule has 1 aliphatic heterocycles. The second-order valence-electron chi connectivity index (χ2n) is 4.26. The highest BCUT2D eigenvalue weighted by molar-refractivity contribution is 8.00. The summed E-state index contributed by atoms with van der Waals surface area (Å²) in [6.45, 7) is 0.535. The van der Waals surface area contributed by atoms with Gasteiger partial charge in [0, 0.05) is 22.9 Å². The van der Waals surface area contributed by atoms with Crippen molar-refractivity contribution in [1.29, 1.82) is 0 Å². The molecule has 0 saturated carbocycles. The monoisotopic (exact) mass is 300 g/mol. The first-order valence-electron chi connectivity index (χ1n) is 5.91. The summed E-state index contributed by atoms with van der Waals surface area (Å²) in [5, 5.41) is 14.3. The highest BCUT2D eigenvalue weighted by Crippen LogP contribution is 2.26. The first kappa shape index (κ1) is 14.1. The molecule has 1 aromatic rings. The van der Waals surface area contributed by atoms with E-state index in [2.05, 4.69) is 5.32 Å². The van der Waals surface area contributed by atoms with Gasteiger partial charge in [0.2, 0.25) is 0 Å². The molecule has 5 nitrogen and oxygen atoms in total. The first-order chi connectivity index (χ1) is 9.08. The van der Waals surface area contributed by atoms with Crippen LogP contribution in [-0.4, -0.2) is 28.4 Å². The molecule has 1 heterocycles. The van der Waals surface area contributed by atoms with E-state index >= 15 is 0 Å². The lowest BCUT2D eigenvalue weighted by atomic mass is 10.1. The van der Waals surface area contributed by atoms with Crippen molar-refractivity contribution in [3.63, 3.8) is 0 Å². The predicted molar refractivity (Wildman–Crippen MR) is 75.9 cm³/mol. The number of nitro groups is 1. The van der Waals surface area contributed by atoms with Crippen molar-refractivity contribution >= 4 is 35.0 Å². The van der Waals surface area contributed by atoms with Gasteiger partial charge >= 0.3 is 0 Å². The summed E-state index contributed by atoms with van der Waals surface area (Å²) >= 11 is 7.60. The fourth-order valence-electron chi connectivity index (χ4n) is 1.96. The number of halogens is 1. The van der Waals surface area contributed by atoms with Crippen LogP contribution in [0, 0.1) is 10.1 Å². The smallest absolute Gasteiger partial charge is 0.282 e. The van der Waals surface area contributed by atoms with Gasteiger partial charge in [-0.05, 0) is 30.7 Å². The zero-order valence-electron chi connectivity index (χ0n) is 10.1. The molecule has 19 heavy (non-hydrogen) atoms. The molecule has 1 N–H and O–H groups in total. The van der Waals surface area contributed by atoms with Crippen LogP contribution in [0.25, 0.3) is 0 Å². The van der Waals surface area contributed by atoms with Gasteiger partial charge in [-0.1, -0.05) is 11.6 Å². The maximum Gasteiger partial charge on any atom is 0.282 e. The summed E-state index contributed by atoms with van der Waals surface area (Å²) in [6.07, 6.45) is 2.23. The molecular formula is C12H13ClN2O3S. The summed E-state index contributed by atoms with van der Waals surface area (Å²) in [6, 6.07) is 3.99. The molecule has 7 heteroatoms. The third-order valence-corrected chi connectivity index (χ3v) is 4.55. The van der Waals surface area contributed by atoms with Crippen LogP contribution in [0.15, 0.2) is 18.2 Å². The fraction of sp³-hybridized carbons (Fsp3) is 0.417. The molecule has 1 atom stereocenters. The van der Waals surface area contributed by atoms with E-state index in [1.165, 1.54) is 18.2 Å². The molecule has 2 rings (SSSR count). The van der Waals surface area contributed by atoms with E-state index in [0.29, 0.717) is 16.8 Å². The second kappa shape index (κ2) is 6.25. The fourth-order valence-corrected chi connectivity index (χ4v) is 3.33. The second-order valence-corrected chi connectivity index (χ2v) is 6.11. The van der Waals surface area contributed by atoms with E-state index in [-0.39, 0.29) is 11.3 Å². The number of carbonyl (C=O) groups is 1. The van der Waals surface area contributed by atoms with Crippen molar-refractivity contribution in [2.75, 3.05) is 12.3 Å². The average molecular weight is 301 g/mol. The zero-order valence-corrected chi connectivity index (χ0v) is 11.7. The molecule has 1 unspecified atom stereocenters. The molecule has 1 fully saturated rings. The number of carbonyl (C=O) groups excluding carboxylic acids is 1. The van der Waals surface area contributed by atoms with E-state index in [1.807, 2.05) is 11.8 Å². The van der Waals surface area contributed by atoms with Gasteiger partial charge in [0.05, 0.1) is 4.92 Å². The largest absolute Gasteiger partial charge is 0.351 e. The van der Waals surface area contributed by atoms with Crippen LogP contribution in [0.5, 0.6) is 0 Å². The van der Waals surface area contributed by atoms with Crippen molar-refractivity contribution in [1.82, 2.24) is 5.32 Å². The summed E-state index contributed by atoms with van der Waals surface area (Å²) in [5.74, 6) is 0.666. The van der Waals surface area contributed by atoms with Crippen LogP contribution in [0.3, 0.4) is 0 Å². The quantitative estimate of drug-likeness (QED) is 0.685. The number of hydrogen-bond donors (Lipinski definition) is 1. The summed E-state index contributed by atoms with van der Waals surface area (Å²) < 4.78 is 0. The normalized spacial score (nSPS) is 18.3. The minimum Gasteiger partial charge on any atom is -0.351 e.